The molecule has 0 aliphatic rings. The maximum absolute atomic E-state index is 12.1. The number of carbonyl (C=O) groups is 2. The van der Waals surface area contributed by atoms with Crippen molar-refractivity contribution in [3.63, 3.8) is 0 Å². The third-order valence-corrected chi connectivity index (χ3v) is 3.89. The van der Waals surface area contributed by atoms with E-state index in [-0.39, 0.29) is 24.2 Å². The van der Waals surface area contributed by atoms with Gasteiger partial charge in [-0.05, 0) is 62.2 Å². The minimum absolute atomic E-state index is 0.0184. The molecule has 0 unspecified atom stereocenters. The van der Waals surface area contributed by atoms with E-state index in [9.17, 15) is 19.8 Å². The fourth-order valence-electron chi connectivity index (χ4n) is 2.46. The minimum Gasteiger partial charge on any atom is -0.508 e. The zero-order valence-electron chi connectivity index (χ0n) is 15.6. The van der Waals surface area contributed by atoms with E-state index in [1.54, 1.807) is 37.3 Å². The number of aromatic hydroxyl groups is 1. The number of aliphatic hydroxyl groups is 1. The number of amides is 3. The minimum atomic E-state index is -0.889. The average Bonchev–Trinajstić information content (AvgIpc) is 2.61. The van der Waals surface area contributed by atoms with Crippen LogP contribution in [0.1, 0.15) is 41.4 Å². The van der Waals surface area contributed by atoms with Crippen molar-refractivity contribution >= 4 is 17.6 Å². The number of hydrogen-bond acceptors (Lipinski definition) is 4. The zero-order valence-corrected chi connectivity index (χ0v) is 15.6. The van der Waals surface area contributed by atoms with Crippen LogP contribution in [0, 0.1) is 6.92 Å². The van der Waals surface area contributed by atoms with Crippen molar-refractivity contribution in [2.75, 3.05) is 11.9 Å². The van der Waals surface area contributed by atoms with Crippen molar-refractivity contribution in [1.29, 1.82) is 0 Å². The third kappa shape index (κ3) is 6.00. The first-order valence-corrected chi connectivity index (χ1v) is 8.69. The van der Waals surface area contributed by atoms with Gasteiger partial charge in [-0.1, -0.05) is 12.1 Å². The topological polar surface area (TPSA) is 111 Å². The van der Waals surface area contributed by atoms with Gasteiger partial charge in [0.05, 0.1) is 6.10 Å². The molecule has 3 amide bonds. The Labute approximate surface area is 158 Å². The van der Waals surface area contributed by atoms with Crippen molar-refractivity contribution < 1.29 is 19.8 Å². The Kier molecular flexibility index (Phi) is 6.79. The summed E-state index contributed by atoms with van der Waals surface area (Å²) >= 11 is 0. The van der Waals surface area contributed by atoms with Crippen molar-refractivity contribution in [2.45, 2.75) is 32.9 Å². The molecular formula is C20H25N3O4. The number of nitrogens with one attached hydrogen (secondary N) is 3. The maximum Gasteiger partial charge on any atom is 0.319 e. The second kappa shape index (κ2) is 9.05. The molecule has 0 radical (unpaired) electrons. The molecule has 1 atom stereocenters. The molecule has 7 heteroatoms. The summed E-state index contributed by atoms with van der Waals surface area (Å²) in [5.41, 5.74) is 2.44. The molecular weight excluding hydrogens is 346 g/mol. The first kappa shape index (κ1) is 20.3. The van der Waals surface area contributed by atoms with E-state index in [1.165, 1.54) is 12.1 Å². The van der Waals surface area contributed by atoms with Gasteiger partial charge < -0.3 is 26.2 Å². The monoisotopic (exact) mass is 371 g/mol. The number of hydrogen-bond donors (Lipinski definition) is 5. The first-order chi connectivity index (χ1) is 12.8. The summed E-state index contributed by atoms with van der Waals surface area (Å²) in [7, 11) is 0. The molecule has 0 bridgehead atoms. The molecule has 7 nitrogen and oxygen atoms in total. The number of rotatable bonds is 6. The summed E-state index contributed by atoms with van der Waals surface area (Å²) in [5, 5.41) is 27.4. The lowest BCUT2D eigenvalue weighted by molar-refractivity contribution is 0.0943. The Bertz CT molecular complexity index is 803. The smallest absolute Gasteiger partial charge is 0.319 e. The molecule has 0 fully saturated rings. The number of phenolic OH excluding ortho intramolecular Hbond substituents is 1. The Hall–Kier alpha value is -3.06. The molecule has 0 aromatic heterocycles. The highest BCUT2D eigenvalue weighted by atomic mass is 16.3. The molecule has 144 valence electrons. The van der Waals surface area contributed by atoms with Crippen molar-refractivity contribution in [3.8, 4) is 5.75 Å². The Morgan fingerprint density at radius 2 is 1.74 bits per heavy atom. The van der Waals surface area contributed by atoms with Crippen molar-refractivity contribution in [1.82, 2.24) is 10.6 Å². The van der Waals surface area contributed by atoms with Gasteiger partial charge in [-0.15, -0.1) is 0 Å². The fraction of sp³-hybridized carbons (Fsp3) is 0.300. The molecule has 2 aromatic rings. The molecule has 27 heavy (non-hydrogen) atoms. The van der Waals surface area contributed by atoms with Gasteiger partial charge in [0, 0.05) is 23.8 Å². The molecule has 0 aliphatic carbocycles. The van der Waals surface area contributed by atoms with E-state index in [1.807, 2.05) is 13.8 Å². The lowest BCUT2D eigenvalue weighted by Crippen LogP contribution is -2.32. The second-order valence-electron chi connectivity index (χ2n) is 6.60. The lowest BCUT2D eigenvalue weighted by atomic mass is 10.1. The normalized spacial score (nSPS) is 11.7. The van der Waals surface area contributed by atoms with Crippen LogP contribution in [0.5, 0.6) is 5.75 Å². The number of anilines is 1. The summed E-state index contributed by atoms with van der Waals surface area (Å²) in [6.45, 7) is 5.59. The Balaban J connectivity index is 1.91. The number of carbonyl (C=O) groups excluding carboxylic acids is 2. The fourth-order valence-corrected chi connectivity index (χ4v) is 2.46. The van der Waals surface area contributed by atoms with Gasteiger partial charge in [0.1, 0.15) is 5.75 Å². The van der Waals surface area contributed by atoms with Crippen LogP contribution in [-0.2, 0) is 0 Å². The van der Waals surface area contributed by atoms with E-state index in [2.05, 4.69) is 16.0 Å². The van der Waals surface area contributed by atoms with E-state index < -0.39 is 12.1 Å². The summed E-state index contributed by atoms with van der Waals surface area (Å²) in [6.07, 6.45) is -0.889. The number of urea groups is 1. The van der Waals surface area contributed by atoms with Crippen LogP contribution in [0.3, 0.4) is 0 Å². The van der Waals surface area contributed by atoms with Crippen LogP contribution in [-0.4, -0.2) is 34.7 Å². The number of phenols is 1. The molecule has 0 spiro atoms. The van der Waals surface area contributed by atoms with Gasteiger partial charge in [0.2, 0.25) is 0 Å². The van der Waals surface area contributed by atoms with E-state index in [4.69, 9.17) is 0 Å². The van der Waals surface area contributed by atoms with Gasteiger partial charge in [0.25, 0.3) is 5.91 Å². The van der Waals surface area contributed by atoms with Crippen LogP contribution in [0.4, 0.5) is 10.5 Å². The third-order valence-electron chi connectivity index (χ3n) is 3.89. The number of benzene rings is 2. The molecule has 2 rings (SSSR count). The summed E-state index contributed by atoms with van der Waals surface area (Å²) in [4.78, 5) is 24.1. The van der Waals surface area contributed by atoms with Crippen LogP contribution < -0.4 is 16.0 Å². The van der Waals surface area contributed by atoms with Gasteiger partial charge in [-0.2, -0.15) is 0 Å². The zero-order chi connectivity index (χ0) is 20.0. The van der Waals surface area contributed by atoms with Gasteiger partial charge in [0.15, 0.2) is 0 Å². The van der Waals surface area contributed by atoms with E-state index in [0.29, 0.717) is 16.8 Å². The van der Waals surface area contributed by atoms with Gasteiger partial charge >= 0.3 is 6.03 Å². The van der Waals surface area contributed by atoms with Crippen LogP contribution in [0.25, 0.3) is 0 Å². The first-order valence-electron chi connectivity index (χ1n) is 8.69. The highest BCUT2D eigenvalue weighted by Gasteiger charge is 2.12. The summed E-state index contributed by atoms with van der Waals surface area (Å²) < 4.78 is 0. The Morgan fingerprint density at radius 3 is 2.33 bits per heavy atom. The quantitative estimate of drug-likeness (QED) is 0.538. The molecule has 0 saturated carbocycles. The molecule has 0 heterocycles. The molecule has 0 saturated heterocycles. The second-order valence-corrected chi connectivity index (χ2v) is 6.60. The standard InChI is InChI=1S/C20H25N3O4/c1-12(2)22-19(26)15-6-9-17(13(3)10-15)23-20(27)21-11-18(25)14-4-7-16(24)8-5-14/h4-10,12,18,24-25H,11H2,1-3H3,(H,22,26)(H2,21,23,27)/t18-/m1/s1. The van der Waals surface area contributed by atoms with Crippen molar-refractivity contribution in [2.24, 2.45) is 0 Å². The maximum atomic E-state index is 12.1. The largest absolute Gasteiger partial charge is 0.508 e. The average molecular weight is 371 g/mol. The molecule has 2 aromatic carbocycles. The SMILES string of the molecule is Cc1cc(C(=O)NC(C)C)ccc1NC(=O)NC[C@@H](O)c1ccc(O)cc1. The van der Waals surface area contributed by atoms with Crippen LogP contribution in [0.15, 0.2) is 42.5 Å². The summed E-state index contributed by atoms with van der Waals surface area (Å²) in [5.74, 6) is -0.0567. The lowest BCUT2D eigenvalue weighted by Gasteiger charge is -2.15. The highest BCUT2D eigenvalue weighted by molar-refractivity contribution is 5.96. The number of aryl methyl sites for hydroxylation is 1. The highest BCUT2D eigenvalue weighted by Crippen LogP contribution is 2.18. The predicted octanol–water partition coefficient (Wildman–Crippen LogP) is 2.69. The molecule has 5 N–H and O–H groups in total. The Morgan fingerprint density at radius 1 is 1.07 bits per heavy atom. The van der Waals surface area contributed by atoms with Gasteiger partial charge in [-0.3, -0.25) is 4.79 Å². The van der Waals surface area contributed by atoms with Crippen molar-refractivity contribution in [3.05, 3.63) is 59.2 Å². The summed E-state index contributed by atoms with van der Waals surface area (Å²) in [6, 6.07) is 10.7. The molecule has 0 aliphatic heterocycles. The van der Waals surface area contributed by atoms with Gasteiger partial charge in [-0.25, -0.2) is 4.79 Å². The van der Waals surface area contributed by atoms with E-state index >= 15 is 0 Å². The van der Waals surface area contributed by atoms with E-state index in [0.717, 1.165) is 5.56 Å². The number of aliphatic hydroxyl groups excluding tert-OH is 1. The van der Waals surface area contributed by atoms with Crippen LogP contribution in [0.2, 0.25) is 0 Å². The predicted molar refractivity (Wildman–Crippen MR) is 104 cm³/mol. The van der Waals surface area contributed by atoms with Crippen LogP contribution >= 0.6 is 0 Å².